The highest BCUT2D eigenvalue weighted by Gasteiger charge is 2.03. The van der Waals surface area contributed by atoms with Crippen LogP contribution in [0.2, 0.25) is 5.15 Å². The van der Waals surface area contributed by atoms with Crippen molar-refractivity contribution in [2.24, 2.45) is 4.99 Å². The highest BCUT2D eigenvalue weighted by molar-refractivity contribution is 6.29. The first kappa shape index (κ1) is 19.2. The van der Waals surface area contributed by atoms with E-state index in [0.29, 0.717) is 5.15 Å². The van der Waals surface area contributed by atoms with Gasteiger partial charge in [0.15, 0.2) is 5.96 Å². The maximum absolute atomic E-state index is 5.82. The molecule has 0 aliphatic heterocycles. The molecule has 6 heteroatoms. The van der Waals surface area contributed by atoms with Crippen molar-refractivity contribution in [1.82, 2.24) is 20.6 Å². The Labute approximate surface area is 165 Å². The Morgan fingerprint density at radius 2 is 2.04 bits per heavy atom. The number of H-pyrrole nitrogens is 1. The second-order valence-electron chi connectivity index (χ2n) is 6.39. The van der Waals surface area contributed by atoms with Gasteiger partial charge in [0.1, 0.15) is 5.15 Å². The highest BCUT2D eigenvalue weighted by Crippen LogP contribution is 2.18. The van der Waals surface area contributed by atoms with Crippen LogP contribution in [0.5, 0.6) is 0 Å². The molecule has 3 N–H and O–H groups in total. The first-order chi connectivity index (χ1) is 13.3. The van der Waals surface area contributed by atoms with Gasteiger partial charge in [-0.2, -0.15) is 0 Å². The molecule has 1 aromatic carbocycles. The van der Waals surface area contributed by atoms with Crippen LogP contribution in [-0.2, 0) is 12.8 Å². The van der Waals surface area contributed by atoms with Crippen LogP contribution >= 0.6 is 11.6 Å². The van der Waals surface area contributed by atoms with Gasteiger partial charge in [0.05, 0.1) is 0 Å². The Hall–Kier alpha value is -2.53. The molecule has 0 radical (unpaired) electrons. The van der Waals surface area contributed by atoms with E-state index in [1.54, 1.807) is 0 Å². The van der Waals surface area contributed by atoms with E-state index in [1.807, 2.05) is 18.3 Å². The SMILES string of the molecule is CCNC(=NCCCc1c[nH]c2ccccc12)NCCc1ccc(Cl)nc1. The predicted octanol–water partition coefficient (Wildman–Crippen LogP) is 3.95. The Kier molecular flexibility index (Phi) is 7.11. The maximum Gasteiger partial charge on any atom is 0.191 e. The lowest BCUT2D eigenvalue weighted by atomic mass is 10.1. The average Bonchev–Trinajstić information content (AvgIpc) is 3.10. The molecule has 0 aliphatic rings. The van der Waals surface area contributed by atoms with Crippen molar-refractivity contribution in [3.63, 3.8) is 0 Å². The van der Waals surface area contributed by atoms with Crippen molar-refractivity contribution in [3.8, 4) is 0 Å². The minimum Gasteiger partial charge on any atom is -0.361 e. The summed E-state index contributed by atoms with van der Waals surface area (Å²) in [6, 6.07) is 12.2. The lowest BCUT2D eigenvalue weighted by Crippen LogP contribution is -2.38. The van der Waals surface area contributed by atoms with E-state index in [4.69, 9.17) is 11.6 Å². The second kappa shape index (κ2) is 9.97. The van der Waals surface area contributed by atoms with Crippen LogP contribution in [0.25, 0.3) is 10.9 Å². The van der Waals surface area contributed by atoms with Gasteiger partial charge in [-0.25, -0.2) is 4.98 Å². The van der Waals surface area contributed by atoms with E-state index in [1.165, 1.54) is 16.5 Å². The van der Waals surface area contributed by atoms with Crippen molar-refractivity contribution in [3.05, 3.63) is 65.1 Å². The molecule has 0 aliphatic carbocycles. The Balaban J connectivity index is 1.46. The van der Waals surface area contributed by atoms with Crippen molar-refractivity contribution in [2.75, 3.05) is 19.6 Å². The monoisotopic (exact) mass is 383 g/mol. The summed E-state index contributed by atoms with van der Waals surface area (Å²) in [4.78, 5) is 12.1. The Morgan fingerprint density at radius 1 is 1.15 bits per heavy atom. The number of aromatic amines is 1. The number of rotatable bonds is 8. The number of pyridine rings is 1. The number of nitrogens with one attached hydrogen (secondary N) is 3. The van der Waals surface area contributed by atoms with Gasteiger partial charge < -0.3 is 15.6 Å². The summed E-state index contributed by atoms with van der Waals surface area (Å²) in [6.07, 6.45) is 6.83. The third-order valence-electron chi connectivity index (χ3n) is 4.39. The fourth-order valence-corrected chi connectivity index (χ4v) is 3.13. The summed E-state index contributed by atoms with van der Waals surface area (Å²) < 4.78 is 0. The molecule has 5 nitrogen and oxygen atoms in total. The van der Waals surface area contributed by atoms with Gasteiger partial charge in [-0.15, -0.1) is 0 Å². The molecule has 0 amide bonds. The minimum atomic E-state index is 0.525. The second-order valence-corrected chi connectivity index (χ2v) is 6.78. The van der Waals surface area contributed by atoms with E-state index in [0.717, 1.165) is 50.4 Å². The smallest absolute Gasteiger partial charge is 0.191 e. The van der Waals surface area contributed by atoms with Crippen molar-refractivity contribution in [1.29, 1.82) is 0 Å². The van der Waals surface area contributed by atoms with Crippen molar-refractivity contribution in [2.45, 2.75) is 26.2 Å². The summed E-state index contributed by atoms with van der Waals surface area (Å²) in [5, 5.41) is 8.51. The van der Waals surface area contributed by atoms with Crippen LogP contribution in [0.3, 0.4) is 0 Å². The highest BCUT2D eigenvalue weighted by atomic mass is 35.5. The van der Waals surface area contributed by atoms with E-state index in [9.17, 15) is 0 Å². The van der Waals surface area contributed by atoms with Crippen LogP contribution in [0, 0.1) is 0 Å². The number of nitrogens with zero attached hydrogens (tertiary/aromatic N) is 2. The molecular weight excluding hydrogens is 358 g/mol. The van der Waals surface area contributed by atoms with Crippen LogP contribution in [0.4, 0.5) is 0 Å². The summed E-state index contributed by atoms with van der Waals surface area (Å²) in [5.74, 6) is 0.860. The number of hydrogen-bond donors (Lipinski definition) is 3. The molecule has 0 spiro atoms. The zero-order valence-electron chi connectivity index (χ0n) is 15.6. The van der Waals surface area contributed by atoms with E-state index in [2.05, 4.69) is 63.0 Å². The molecule has 2 aromatic heterocycles. The molecule has 3 rings (SSSR count). The number of halogens is 1. The predicted molar refractivity (Wildman–Crippen MR) is 114 cm³/mol. The minimum absolute atomic E-state index is 0.525. The number of hydrogen-bond acceptors (Lipinski definition) is 2. The molecule has 0 atom stereocenters. The van der Waals surface area contributed by atoms with E-state index < -0.39 is 0 Å². The molecular formula is C21H26ClN5. The van der Waals surface area contributed by atoms with Crippen LogP contribution < -0.4 is 10.6 Å². The number of aromatic nitrogens is 2. The first-order valence-electron chi connectivity index (χ1n) is 9.44. The largest absolute Gasteiger partial charge is 0.361 e. The van der Waals surface area contributed by atoms with Crippen LogP contribution in [0.1, 0.15) is 24.5 Å². The average molecular weight is 384 g/mol. The standard InChI is InChI=1S/C21H26ClN5/c1-2-23-21(25-13-11-16-9-10-20(22)27-14-16)24-12-5-6-17-15-26-19-8-4-3-7-18(17)19/h3-4,7-10,14-15,26H,2,5-6,11-13H2,1H3,(H2,23,24,25). The number of aliphatic imine (C=N–C) groups is 1. The number of guanidine groups is 1. The van der Waals surface area contributed by atoms with Gasteiger partial charge in [-0.1, -0.05) is 35.9 Å². The van der Waals surface area contributed by atoms with E-state index >= 15 is 0 Å². The molecule has 0 bridgehead atoms. The summed E-state index contributed by atoms with van der Waals surface area (Å²) >= 11 is 5.82. The molecule has 0 fully saturated rings. The maximum atomic E-state index is 5.82. The zero-order valence-corrected chi connectivity index (χ0v) is 16.4. The van der Waals surface area contributed by atoms with Crippen molar-refractivity contribution < 1.29 is 0 Å². The lowest BCUT2D eigenvalue weighted by molar-refractivity contribution is 0.777. The molecule has 0 saturated carbocycles. The third-order valence-corrected chi connectivity index (χ3v) is 4.61. The third kappa shape index (κ3) is 5.73. The van der Waals surface area contributed by atoms with E-state index in [-0.39, 0.29) is 0 Å². The summed E-state index contributed by atoms with van der Waals surface area (Å²) in [7, 11) is 0. The molecule has 3 aromatic rings. The summed E-state index contributed by atoms with van der Waals surface area (Å²) in [5.41, 5.74) is 3.71. The van der Waals surface area contributed by atoms with Gasteiger partial charge >= 0.3 is 0 Å². The fourth-order valence-electron chi connectivity index (χ4n) is 3.02. The van der Waals surface area contributed by atoms with Gasteiger partial charge in [0, 0.05) is 42.9 Å². The van der Waals surface area contributed by atoms with Gasteiger partial charge in [0.25, 0.3) is 0 Å². The quantitative estimate of drug-likeness (QED) is 0.239. The lowest BCUT2D eigenvalue weighted by Gasteiger charge is -2.11. The Morgan fingerprint density at radius 3 is 2.85 bits per heavy atom. The van der Waals surface area contributed by atoms with Crippen LogP contribution in [-0.4, -0.2) is 35.6 Å². The Bertz CT molecular complexity index is 870. The van der Waals surface area contributed by atoms with Gasteiger partial charge in [0.2, 0.25) is 0 Å². The molecule has 0 saturated heterocycles. The topological polar surface area (TPSA) is 65.1 Å². The fraction of sp³-hybridized carbons (Fsp3) is 0.333. The first-order valence-corrected chi connectivity index (χ1v) is 9.81. The number of aryl methyl sites for hydroxylation is 1. The summed E-state index contributed by atoms with van der Waals surface area (Å²) in [6.45, 7) is 4.51. The van der Waals surface area contributed by atoms with Crippen molar-refractivity contribution >= 4 is 28.5 Å². The molecule has 27 heavy (non-hydrogen) atoms. The van der Waals surface area contributed by atoms with Gasteiger partial charge in [-0.05, 0) is 49.4 Å². The molecule has 2 heterocycles. The molecule has 142 valence electrons. The number of benzene rings is 1. The number of para-hydroxylation sites is 1. The zero-order chi connectivity index (χ0) is 18.9. The van der Waals surface area contributed by atoms with Gasteiger partial charge in [-0.3, -0.25) is 4.99 Å². The van der Waals surface area contributed by atoms with Crippen LogP contribution in [0.15, 0.2) is 53.8 Å². The normalized spacial score (nSPS) is 11.7. The molecule has 0 unspecified atom stereocenters. The number of fused-ring (bicyclic) bond motifs is 1.